The molecule has 0 aromatic heterocycles. The maximum Gasteiger partial charge on any atom is 0.158 e. The molecule has 1 heterocycles. The van der Waals surface area contributed by atoms with Gasteiger partial charge >= 0.3 is 0 Å². The lowest BCUT2D eigenvalue weighted by Crippen LogP contribution is -2.28. The Labute approximate surface area is 152 Å². The van der Waals surface area contributed by atoms with Crippen LogP contribution in [-0.2, 0) is 6.42 Å². The van der Waals surface area contributed by atoms with E-state index in [1.165, 1.54) is 0 Å². The number of benzene rings is 2. The van der Waals surface area contributed by atoms with Crippen molar-refractivity contribution in [2.45, 2.75) is 38.7 Å². The average molecular weight is 350 g/mol. The molecule has 2 aliphatic rings. The highest BCUT2D eigenvalue weighted by molar-refractivity contribution is 5.84. The number of ether oxygens (including phenoxy) is 1. The summed E-state index contributed by atoms with van der Waals surface area (Å²) in [7, 11) is 0. The van der Waals surface area contributed by atoms with E-state index in [0.29, 0.717) is 17.7 Å². The molecule has 0 saturated heterocycles. The summed E-state index contributed by atoms with van der Waals surface area (Å²) in [6, 6.07) is 5.05. The zero-order chi connectivity index (χ0) is 18.8. The first-order valence-corrected chi connectivity index (χ1v) is 8.66. The Kier molecular flexibility index (Phi) is 3.38. The summed E-state index contributed by atoms with van der Waals surface area (Å²) >= 11 is 0. The molecule has 0 radical (unpaired) electrons. The van der Waals surface area contributed by atoms with E-state index in [1.807, 2.05) is 39.0 Å². The fourth-order valence-electron chi connectivity index (χ4n) is 3.88. The van der Waals surface area contributed by atoms with E-state index in [0.717, 1.165) is 27.8 Å². The number of fused-ring (bicyclic) bond motifs is 4. The van der Waals surface area contributed by atoms with Crippen LogP contribution in [0.4, 0.5) is 0 Å². The van der Waals surface area contributed by atoms with Crippen LogP contribution in [0.15, 0.2) is 36.4 Å². The minimum absolute atomic E-state index is 0.0740. The van der Waals surface area contributed by atoms with Crippen LogP contribution < -0.4 is 4.74 Å². The van der Waals surface area contributed by atoms with Gasteiger partial charge in [0.05, 0.1) is 5.56 Å². The van der Waals surface area contributed by atoms with Gasteiger partial charge in [-0.15, -0.1) is 0 Å². The molecule has 0 unspecified atom stereocenters. The van der Waals surface area contributed by atoms with E-state index in [1.54, 1.807) is 12.1 Å². The second-order valence-corrected chi connectivity index (χ2v) is 7.74. The Morgan fingerprint density at radius 3 is 2.50 bits per heavy atom. The molecule has 2 aromatic rings. The molecule has 3 N–H and O–H groups in total. The van der Waals surface area contributed by atoms with E-state index in [-0.39, 0.29) is 23.2 Å². The molecule has 0 bridgehead atoms. The van der Waals surface area contributed by atoms with E-state index < -0.39 is 5.60 Å². The second-order valence-electron chi connectivity index (χ2n) is 7.74. The molecule has 2 aromatic carbocycles. The van der Waals surface area contributed by atoms with Crippen molar-refractivity contribution < 1.29 is 20.1 Å². The minimum atomic E-state index is -0.462. The predicted octanol–water partition coefficient (Wildman–Crippen LogP) is 4.87. The summed E-state index contributed by atoms with van der Waals surface area (Å²) in [6.07, 6.45) is 4.43. The van der Waals surface area contributed by atoms with Gasteiger partial charge in [-0.05, 0) is 74.2 Å². The van der Waals surface area contributed by atoms with Gasteiger partial charge in [0.1, 0.15) is 17.1 Å². The Balaban J connectivity index is 2.04. The van der Waals surface area contributed by atoms with Gasteiger partial charge in [0, 0.05) is 11.5 Å². The van der Waals surface area contributed by atoms with Gasteiger partial charge in [0.2, 0.25) is 0 Å². The van der Waals surface area contributed by atoms with E-state index in [2.05, 4.69) is 6.58 Å². The van der Waals surface area contributed by atoms with Crippen molar-refractivity contribution in [2.24, 2.45) is 0 Å². The van der Waals surface area contributed by atoms with E-state index in [9.17, 15) is 15.3 Å². The van der Waals surface area contributed by atoms with Crippen molar-refractivity contribution in [1.82, 2.24) is 0 Å². The zero-order valence-corrected chi connectivity index (χ0v) is 15.1. The molecule has 1 aliphatic carbocycles. The van der Waals surface area contributed by atoms with E-state index >= 15 is 0 Å². The van der Waals surface area contributed by atoms with Crippen LogP contribution in [0, 0.1) is 0 Å². The Morgan fingerprint density at radius 2 is 1.81 bits per heavy atom. The van der Waals surface area contributed by atoms with Crippen LogP contribution >= 0.6 is 0 Å². The summed E-state index contributed by atoms with van der Waals surface area (Å²) < 4.78 is 6.05. The molecule has 4 heteroatoms. The second kappa shape index (κ2) is 5.31. The highest BCUT2D eigenvalue weighted by Gasteiger charge is 2.33. The smallest absolute Gasteiger partial charge is 0.158 e. The van der Waals surface area contributed by atoms with Gasteiger partial charge in [-0.1, -0.05) is 12.2 Å². The highest BCUT2D eigenvalue weighted by Crippen LogP contribution is 2.53. The maximum absolute atomic E-state index is 11.0. The van der Waals surface area contributed by atoms with Crippen LogP contribution in [0.25, 0.3) is 17.2 Å². The highest BCUT2D eigenvalue weighted by atomic mass is 16.5. The molecule has 0 spiro atoms. The normalized spacial score (nSPS) is 19.1. The van der Waals surface area contributed by atoms with Crippen LogP contribution in [0.2, 0.25) is 0 Å². The molecule has 134 valence electrons. The summed E-state index contributed by atoms with van der Waals surface area (Å²) in [5.74, 6) is 0.400. The number of phenols is 3. The Hall–Kier alpha value is -2.88. The van der Waals surface area contributed by atoms with Crippen LogP contribution in [0.1, 0.15) is 43.4 Å². The Morgan fingerprint density at radius 1 is 1.12 bits per heavy atom. The summed E-state index contributed by atoms with van der Waals surface area (Å²) in [4.78, 5) is 0. The van der Waals surface area contributed by atoms with Crippen molar-refractivity contribution in [1.29, 1.82) is 0 Å². The van der Waals surface area contributed by atoms with Gasteiger partial charge in [0.15, 0.2) is 11.5 Å². The van der Waals surface area contributed by atoms with Gasteiger partial charge in [0.25, 0.3) is 0 Å². The number of allylic oxidation sites excluding steroid dienone is 1. The molecular formula is C22H22O4. The molecule has 0 amide bonds. The lowest BCUT2D eigenvalue weighted by atomic mass is 9.74. The monoisotopic (exact) mass is 350 g/mol. The molecule has 1 atom stereocenters. The fraction of sp³-hybridized carbons (Fsp3) is 0.273. The number of rotatable bonds is 1. The minimum Gasteiger partial charge on any atom is -0.507 e. The molecule has 0 saturated carbocycles. The number of hydrogen-bond donors (Lipinski definition) is 3. The lowest BCUT2D eigenvalue weighted by molar-refractivity contribution is 0.158. The SMILES string of the molecule is C=C(C)[C@@H]1Cc2cc(O)c(O)cc2-c2cc3c(c(O)c21)C=CC(C)(C)O3. The standard InChI is InChI=1S/C22H22O4/c1-11(2)14-7-12-8-17(23)18(24)9-15(12)16-10-19-13(21(25)20(14)16)5-6-22(3,4)26-19/h5-6,8-10,14,23-25H,1,7H2,2-4H3/t14-/m0/s1. The molecule has 1 aliphatic heterocycles. The first kappa shape index (κ1) is 16.6. The first-order valence-electron chi connectivity index (χ1n) is 8.66. The maximum atomic E-state index is 11.0. The van der Waals surface area contributed by atoms with Gasteiger partial charge in [-0.25, -0.2) is 0 Å². The topological polar surface area (TPSA) is 69.9 Å². The van der Waals surface area contributed by atoms with Crippen LogP contribution in [0.3, 0.4) is 0 Å². The van der Waals surface area contributed by atoms with Crippen molar-refractivity contribution in [3.8, 4) is 34.1 Å². The van der Waals surface area contributed by atoms with E-state index in [4.69, 9.17) is 4.74 Å². The first-order chi connectivity index (χ1) is 12.2. The third-order valence-electron chi connectivity index (χ3n) is 5.22. The van der Waals surface area contributed by atoms with Gasteiger partial charge < -0.3 is 20.1 Å². The molecule has 26 heavy (non-hydrogen) atoms. The zero-order valence-electron chi connectivity index (χ0n) is 15.1. The summed E-state index contributed by atoms with van der Waals surface area (Å²) in [5.41, 5.74) is 4.43. The van der Waals surface area contributed by atoms with Crippen LogP contribution in [-0.4, -0.2) is 20.9 Å². The lowest BCUT2D eigenvalue weighted by Gasteiger charge is -2.34. The third kappa shape index (κ3) is 2.37. The molecular weight excluding hydrogens is 328 g/mol. The van der Waals surface area contributed by atoms with Crippen LogP contribution in [0.5, 0.6) is 23.0 Å². The number of phenolic OH excluding ortho intramolecular Hbond substituents is 3. The van der Waals surface area contributed by atoms with Crippen molar-refractivity contribution >= 4 is 6.08 Å². The number of aromatic hydroxyl groups is 3. The van der Waals surface area contributed by atoms with Crippen molar-refractivity contribution in [2.75, 3.05) is 0 Å². The van der Waals surface area contributed by atoms with Gasteiger partial charge in [-0.2, -0.15) is 0 Å². The third-order valence-corrected chi connectivity index (χ3v) is 5.22. The summed E-state index contributed by atoms with van der Waals surface area (Å²) in [6.45, 7) is 9.94. The molecule has 4 rings (SSSR count). The van der Waals surface area contributed by atoms with Crippen molar-refractivity contribution in [3.63, 3.8) is 0 Å². The van der Waals surface area contributed by atoms with Crippen molar-refractivity contribution in [3.05, 3.63) is 53.1 Å². The summed E-state index contributed by atoms with van der Waals surface area (Å²) in [5, 5.41) is 30.9. The largest absolute Gasteiger partial charge is 0.507 e. The molecule has 0 fully saturated rings. The molecule has 4 nitrogen and oxygen atoms in total. The predicted molar refractivity (Wildman–Crippen MR) is 102 cm³/mol. The quantitative estimate of drug-likeness (QED) is 0.507. The Bertz CT molecular complexity index is 982. The average Bonchev–Trinajstić information content (AvgIpc) is 2.54. The van der Waals surface area contributed by atoms with Gasteiger partial charge in [-0.3, -0.25) is 0 Å². The fourth-order valence-corrected chi connectivity index (χ4v) is 3.88. The number of hydrogen-bond acceptors (Lipinski definition) is 4.